The first kappa shape index (κ1) is 10.4. The summed E-state index contributed by atoms with van der Waals surface area (Å²) in [6.07, 6.45) is 2.78. The monoisotopic (exact) mass is 197 g/mol. The zero-order chi connectivity index (χ0) is 9.84. The molecule has 0 aliphatic rings. The van der Waals surface area contributed by atoms with Crippen molar-refractivity contribution in [3.8, 4) is 5.75 Å². The second-order valence-electron chi connectivity index (χ2n) is 2.91. The summed E-state index contributed by atoms with van der Waals surface area (Å²) in [5.74, 6) is 0.337. The van der Waals surface area contributed by atoms with Crippen LogP contribution in [0.15, 0.2) is 23.1 Å². The Labute approximate surface area is 83.1 Å². The van der Waals surface area contributed by atoms with Crippen molar-refractivity contribution in [1.82, 2.24) is 0 Å². The van der Waals surface area contributed by atoms with Crippen LogP contribution in [0.25, 0.3) is 0 Å². The maximum Gasteiger partial charge on any atom is 0.133 e. The molecule has 3 N–H and O–H groups in total. The van der Waals surface area contributed by atoms with Gasteiger partial charge in [0.15, 0.2) is 0 Å². The zero-order valence-electron chi connectivity index (χ0n) is 7.95. The lowest BCUT2D eigenvalue weighted by Gasteiger charge is -2.12. The number of phenolic OH excluding ortho intramolecular Hbond substituents is 1. The average molecular weight is 197 g/mol. The standard InChI is InChI=1S/C10H15NOS/c1-3-8(11)7-5-4-6-9(13-2)10(7)12/h4-6,8,12H,3,11H2,1-2H3/t8-/m0/s1. The molecule has 1 aromatic rings. The third-order valence-corrected chi connectivity index (χ3v) is 2.86. The summed E-state index contributed by atoms with van der Waals surface area (Å²) in [6, 6.07) is 5.64. The topological polar surface area (TPSA) is 46.2 Å². The highest BCUT2D eigenvalue weighted by atomic mass is 32.2. The number of phenols is 1. The summed E-state index contributed by atoms with van der Waals surface area (Å²) in [6.45, 7) is 2.01. The van der Waals surface area contributed by atoms with E-state index in [-0.39, 0.29) is 6.04 Å². The van der Waals surface area contributed by atoms with Gasteiger partial charge in [-0.25, -0.2) is 0 Å². The molecular weight excluding hydrogens is 182 g/mol. The SMILES string of the molecule is CC[C@H](N)c1cccc(SC)c1O. The number of thioether (sulfide) groups is 1. The first-order valence-electron chi connectivity index (χ1n) is 4.32. The van der Waals surface area contributed by atoms with E-state index in [4.69, 9.17) is 5.73 Å². The molecular formula is C10H15NOS. The Morgan fingerprint density at radius 3 is 2.77 bits per heavy atom. The fourth-order valence-corrected chi connectivity index (χ4v) is 1.75. The average Bonchev–Trinajstić information content (AvgIpc) is 2.17. The van der Waals surface area contributed by atoms with E-state index in [1.54, 1.807) is 0 Å². The summed E-state index contributed by atoms with van der Waals surface area (Å²) in [4.78, 5) is 0.890. The number of benzene rings is 1. The van der Waals surface area contributed by atoms with Crippen molar-refractivity contribution >= 4 is 11.8 Å². The minimum absolute atomic E-state index is 0.0629. The summed E-state index contributed by atoms with van der Waals surface area (Å²) in [5, 5.41) is 9.79. The maximum absolute atomic E-state index is 9.79. The quantitative estimate of drug-likeness (QED) is 0.732. The van der Waals surface area contributed by atoms with E-state index >= 15 is 0 Å². The van der Waals surface area contributed by atoms with Crippen LogP contribution in [0.1, 0.15) is 24.9 Å². The van der Waals surface area contributed by atoms with Gasteiger partial charge in [-0.15, -0.1) is 11.8 Å². The molecule has 1 aromatic carbocycles. The molecule has 0 bridgehead atoms. The Morgan fingerprint density at radius 2 is 2.23 bits per heavy atom. The molecule has 0 aromatic heterocycles. The van der Waals surface area contributed by atoms with E-state index in [2.05, 4.69) is 0 Å². The molecule has 3 heteroatoms. The Hall–Kier alpha value is -0.670. The van der Waals surface area contributed by atoms with Crippen LogP contribution < -0.4 is 5.73 Å². The molecule has 72 valence electrons. The summed E-state index contributed by atoms with van der Waals surface area (Å²) in [7, 11) is 0. The van der Waals surface area contributed by atoms with E-state index < -0.39 is 0 Å². The Kier molecular flexibility index (Phi) is 3.63. The van der Waals surface area contributed by atoms with Gasteiger partial charge >= 0.3 is 0 Å². The highest BCUT2D eigenvalue weighted by molar-refractivity contribution is 7.98. The fourth-order valence-electron chi connectivity index (χ4n) is 1.22. The van der Waals surface area contributed by atoms with Crippen molar-refractivity contribution in [2.45, 2.75) is 24.3 Å². The van der Waals surface area contributed by atoms with Gasteiger partial charge in [0.2, 0.25) is 0 Å². The fraction of sp³-hybridized carbons (Fsp3) is 0.400. The van der Waals surface area contributed by atoms with Crippen molar-refractivity contribution in [3.05, 3.63) is 23.8 Å². The summed E-state index contributed by atoms with van der Waals surface area (Å²) in [5.41, 5.74) is 6.69. The number of hydrogen-bond acceptors (Lipinski definition) is 3. The van der Waals surface area contributed by atoms with Crippen LogP contribution in [-0.2, 0) is 0 Å². The largest absolute Gasteiger partial charge is 0.506 e. The molecule has 0 saturated heterocycles. The minimum Gasteiger partial charge on any atom is -0.506 e. The molecule has 0 heterocycles. The van der Waals surface area contributed by atoms with Gasteiger partial charge < -0.3 is 10.8 Å². The summed E-state index contributed by atoms with van der Waals surface area (Å²) >= 11 is 1.53. The van der Waals surface area contributed by atoms with Crippen LogP contribution in [0.3, 0.4) is 0 Å². The lowest BCUT2D eigenvalue weighted by Crippen LogP contribution is -2.08. The van der Waals surface area contributed by atoms with Gasteiger partial charge in [0.1, 0.15) is 5.75 Å². The highest BCUT2D eigenvalue weighted by Gasteiger charge is 2.11. The number of nitrogens with two attached hydrogens (primary N) is 1. The van der Waals surface area contributed by atoms with E-state index in [1.807, 2.05) is 31.4 Å². The van der Waals surface area contributed by atoms with Gasteiger partial charge in [0.25, 0.3) is 0 Å². The van der Waals surface area contributed by atoms with Crippen molar-refractivity contribution in [2.75, 3.05) is 6.26 Å². The maximum atomic E-state index is 9.79. The molecule has 0 amide bonds. The Bertz CT molecular complexity index is 288. The van der Waals surface area contributed by atoms with E-state index in [9.17, 15) is 5.11 Å². The van der Waals surface area contributed by atoms with E-state index in [0.717, 1.165) is 16.9 Å². The second-order valence-corrected chi connectivity index (χ2v) is 3.76. The molecule has 0 spiro atoms. The minimum atomic E-state index is -0.0629. The first-order valence-corrected chi connectivity index (χ1v) is 5.54. The van der Waals surface area contributed by atoms with Crippen LogP contribution in [0.2, 0.25) is 0 Å². The van der Waals surface area contributed by atoms with Crippen molar-refractivity contribution in [3.63, 3.8) is 0 Å². The normalized spacial score (nSPS) is 12.8. The summed E-state index contributed by atoms with van der Waals surface area (Å²) < 4.78 is 0. The van der Waals surface area contributed by atoms with Gasteiger partial charge in [0, 0.05) is 16.5 Å². The third kappa shape index (κ3) is 2.17. The molecule has 0 aliphatic carbocycles. The van der Waals surface area contributed by atoms with E-state index in [0.29, 0.717) is 5.75 Å². The predicted octanol–water partition coefficient (Wildman–Crippen LogP) is 2.52. The molecule has 1 atom stereocenters. The Morgan fingerprint density at radius 1 is 1.54 bits per heavy atom. The molecule has 1 rings (SSSR count). The van der Waals surface area contributed by atoms with Gasteiger partial charge in [-0.05, 0) is 18.7 Å². The van der Waals surface area contributed by atoms with Gasteiger partial charge in [-0.1, -0.05) is 19.1 Å². The lowest BCUT2D eigenvalue weighted by molar-refractivity contribution is 0.447. The highest BCUT2D eigenvalue weighted by Crippen LogP contribution is 2.33. The molecule has 0 saturated carbocycles. The Balaban J connectivity index is 3.08. The number of para-hydroxylation sites is 1. The molecule has 2 nitrogen and oxygen atoms in total. The molecule has 0 aliphatic heterocycles. The molecule has 13 heavy (non-hydrogen) atoms. The van der Waals surface area contributed by atoms with Gasteiger partial charge in [-0.2, -0.15) is 0 Å². The van der Waals surface area contributed by atoms with Crippen LogP contribution in [0.5, 0.6) is 5.75 Å². The van der Waals surface area contributed by atoms with Crippen LogP contribution in [0.4, 0.5) is 0 Å². The smallest absolute Gasteiger partial charge is 0.133 e. The number of hydrogen-bond donors (Lipinski definition) is 2. The van der Waals surface area contributed by atoms with Crippen molar-refractivity contribution in [1.29, 1.82) is 0 Å². The zero-order valence-corrected chi connectivity index (χ0v) is 8.77. The molecule has 0 unspecified atom stereocenters. The van der Waals surface area contributed by atoms with Crippen molar-refractivity contribution < 1.29 is 5.11 Å². The van der Waals surface area contributed by atoms with Crippen LogP contribution >= 0.6 is 11.8 Å². The number of aromatic hydroxyl groups is 1. The second kappa shape index (κ2) is 4.53. The van der Waals surface area contributed by atoms with Crippen LogP contribution in [0, 0.1) is 0 Å². The molecule has 0 radical (unpaired) electrons. The van der Waals surface area contributed by atoms with Gasteiger partial charge in [-0.3, -0.25) is 0 Å². The first-order chi connectivity index (χ1) is 6.20. The predicted molar refractivity (Wildman–Crippen MR) is 57.1 cm³/mol. The van der Waals surface area contributed by atoms with E-state index in [1.165, 1.54) is 11.8 Å². The third-order valence-electron chi connectivity index (χ3n) is 2.09. The van der Waals surface area contributed by atoms with Crippen molar-refractivity contribution in [2.24, 2.45) is 5.73 Å². The molecule has 0 fully saturated rings. The van der Waals surface area contributed by atoms with Gasteiger partial charge in [0.05, 0.1) is 0 Å². The van der Waals surface area contributed by atoms with Crippen LogP contribution in [-0.4, -0.2) is 11.4 Å². The number of rotatable bonds is 3. The lowest BCUT2D eigenvalue weighted by atomic mass is 10.0.